The lowest BCUT2D eigenvalue weighted by atomic mass is 9.57. The van der Waals surface area contributed by atoms with Gasteiger partial charge in [-0.15, -0.1) is 0 Å². The van der Waals surface area contributed by atoms with Crippen LogP contribution in [-0.4, -0.2) is 69.7 Å². The third kappa shape index (κ3) is 9.94. The number of hydrogen-bond acceptors (Lipinski definition) is 11. The van der Waals surface area contributed by atoms with Gasteiger partial charge in [-0.1, -0.05) is 41.5 Å². The highest BCUT2D eigenvalue weighted by Crippen LogP contribution is 2.57. The standard InChI is InChI=1S/C45H68N10O8/c1-21-37(52)25(10-13-31(47)57)44(7,19-34(50)60)23(3)39-27(17-33(49)59)43(6,16-15-36(62)63)41(55-39)22(2)38-26(11-14-32(48)58)42(4,5)29(54-38)18-28-24(9-12-30(46)56)45(8,20-35(51)61)40(21)53-28/h18,23-27,39H,9-17,19-20,52H2,1-8H3,(H2,46,56)(H2,47,57)(H2,48,58)(H2,49,59)(H2,50,60)(H2,51,61)(H,62,63)/b28-18?,37-21+,38-22?/t23-,24+,25-,26+,27-,39-,43+,44+,45-/m0/s1. The van der Waals surface area contributed by atoms with Gasteiger partial charge in [0.15, 0.2) is 0 Å². The van der Waals surface area contributed by atoms with Gasteiger partial charge in [-0.05, 0) is 68.1 Å². The second-order valence-corrected chi connectivity index (χ2v) is 19.6. The molecule has 18 nitrogen and oxygen atoms in total. The van der Waals surface area contributed by atoms with Crippen molar-refractivity contribution in [1.82, 2.24) is 0 Å². The van der Waals surface area contributed by atoms with E-state index in [9.17, 15) is 38.7 Å². The summed E-state index contributed by atoms with van der Waals surface area (Å²) < 4.78 is 0. The van der Waals surface area contributed by atoms with Gasteiger partial charge in [0.05, 0.1) is 11.8 Å². The molecule has 4 aliphatic heterocycles. The Hall–Kier alpha value is -5.68. The predicted molar refractivity (Wildman–Crippen MR) is 239 cm³/mol. The second kappa shape index (κ2) is 18.6. The van der Waals surface area contributed by atoms with Crippen LogP contribution in [0, 0.1) is 51.2 Å². The Morgan fingerprint density at radius 3 is 1.67 bits per heavy atom. The van der Waals surface area contributed by atoms with E-state index >= 15 is 0 Å². The van der Waals surface area contributed by atoms with E-state index in [1.807, 2.05) is 54.5 Å². The zero-order valence-corrected chi connectivity index (χ0v) is 38.0. The summed E-state index contributed by atoms with van der Waals surface area (Å²) in [6.07, 6.45) is 1.24. The van der Waals surface area contributed by atoms with Gasteiger partial charge in [0, 0.05) is 113 Å². The zero-order valence-electron chi connectivity index (χ0n) is 38.0. The first-order valence-corrected chi connectivity index (χ1v) is 21.6. The molecule has 0 saturated heterocycles. The van der Waals surface area contributed by atoms with Crippen molar-refractivity contribution in [1.29, 1.82) is 0 Å². The van der Waals surface area contributed by atoms with Crippen LogP contribution in [0.5, 0.6) is 0 Å². The van der Waals surface area contributed by atoms with Crippen LogP contribution in [0.15, 0.2) is 49.3 Å². The van der Waals surface area contributed by atoms with Crippen LogP contribution >= 0.6 is 0 Å². The summed E-state index contributed by atoms with van der Waals surface area (Å²) in [6.45, 7) is 14.9. The normalized spacial score (nSPS) is 32.6. The van der Waals surface area contributed by atoms with E-state index < -0.39 is 98.7 Å². The number of rotatable bonds is 18. The molecule has 0 aromatic carbocycles. The number of carboxylic acid groups (broad SMARTS) is 1. The maximum Gasteiger partial charge on any atom is 0.303 e. The molecular formula is C45H68N10O8. The van der Waals surface area contributed by atoms with Gasteiger partial charge in [-0.25, -0.2) is 0 Å². The molecule has 6 bridgehead atoms. The Labute approximate surface area is 369 Å². The van der Waals surface area contributed by atoms with E-state index in [2.05, 4.69) is 0 Å². The number of carbonyl (C=O) groups excluding carboxylic acids is 6. The smallest absolute Gasteiger partial charge is 0.303 e. The topological polar surface area (TPSA) is 359 Å². The Morgan fingerprint density at radius 2 is 1.17 bits per heavy atom. The number of primary amides is 6. The van der Waals surface area contributed by atoms with Crippen molar-refractivity contribution in [2.45, 2.75) is 132 Å². The van der Waals surface area contributed by atoms with Crippen molar-refractivity contribution in [3.8, 4) is 0 Å². The Kier molecular flexibility index (Phi) is 14.7. The van der Waals surface area contributed by atoms with Crippen molar-refractivity contribution < 1.29 is 38.7 Å². The predicted octanol–water partition coefficient (Wildman–Crippen LogP) is 2.56. The number of fused-ring (bicyclic) bond motifs is 3. The third-order valence-electron chi connectivity index (χ3n) is 15.0. The van der Waals surface area contributed by atoms with E-state index in [4.69, 9.17) is 55.1 Å². The van der Waals surface area contributed by atoms with Gasteiger partial charge < -0.3 is 45.2 Å². The van der Waals surface area contributed by atoms with Crippen molar-refractivity contribution in [2.24, 2.45) is 106 Å². The van der Waals surface area contributed by atoms with Gasteiger partial charge in [0.2, 0.25) is 35.4 Å². The molecule has 0 radical (unpaired) electrons. The number of amides is 6. The first-order chi connectivity index (χ1) is 29.0. The van der Waals surface area contributed by atoms with Crippen molar-refractivity contribution in [3.63, 3.8) is 0 Å². The molecule has 0 aliphatic carbocycles. The minimum Gasteiger partial charge on any atom is -0.481 e. The fourth-order valence-electron chi connectivity index (χ4n) is 11.3. The number of nitrogens with zero attached hydrogens (tertiary/aromatic N) is 3. The van der Waals surface area contributed by atoms with Crippen molar-refractivity contribution >= 4 is 58.5 Å². The lowest BCUT2D eigenvalue weighted by Gasteiger charge is -2.47. The van der Waals surface area contributed by atoms with Gasteiger partial charge in [0.1, 0.15) is 0 Å². The van der Waals surface area contributed by atoms with Gasteiger partial charge >= 0.3 is 5.97 Å². The summed E-state index contributed by atoms with van der Waals surface area (Å²) in [6, 6.07) is -0.793. The SMILES string of the molecule is CC1=C2N=C(C=C3N=C(/C(C)=C(/N)[C@H](CCC(N)=O)[C@](C)(CC(N)=O)[C@@H](C)[C@@H]4N=C1[C@](C)(CCC(=O)O)[C@H]4CC(N)=O)[C@@](C)(CC(N)=O)[C@@H]3CCC(N)=O)C(C)(C)[C@@H]2CCC(N)=O. The minimum atomic E-state index is -1.23. The summed E-state index contributed by atoms with van der Waals surface area (Å²) >= 11 is 0. The number of nitrogens with two attached hydrogens (primary N) is 7. The Bertz CT molecular complexity index is 2150. The summed E-state index contributed by atoms with van der Waals surface area (Å²) in [5, 5.41) is 10.1. The second-order valence-electron chi connectivity index (χ2n) is 19.6. The number of aliphatic imine (C=N–C) groups is 3. The molecule has 0 aromatic heterocycles. The first-order valence-electron chi connectivity index (χ1n) is 21.6. The molecule has 15 N–H and O–H groups in total. The molecule has 4 aliphatic rings. The monoisotopic (exact) mass is 877 g/mol. The molecule has 0 saturated carbocycles. The highest BCUT2D eigenvalue weighted by molar-refractivity contribution is 6.11. The summed E-state index contributed by atoms with van der Waals surface area (Å²) in [5.41, 5.74) is 42.1. The van der Waals surface area contributed by atoms with Crippen molar-refractivity contribution in [2.75, 3.05) is 0 Å². The zero-order chi connectivity index (χ0) is 47.7. The molecule has 0 unspecified atom stereocenters. The van der Waals surface area contributed by atoms with E-state index in [0.717, 1.165) is 0 Å². The Morgan fingerprint density at radius 1 is 0.651 bits per heavy atom. The quantitative estimate of drug-likeness (QED) is 0.100. The number of carbonyl (C=O) groups is 7. The van der Waals surface area contributed by atoms with Crippen LogP contribution in [0.2, 0.25) is 0 Å². The van der Waals surface area contributed by atoms with Crippen LogP contribution in [0.25, 0.3) is 0 Å². The van der Waals surface area contributed by atoms with Gasteiger partial charge in [-0.2, -0.15) is 0 Å². The molecule has 346 valence electrons. The van der Waals surface area contributed by atoms with Crippen LogP contribution in [-0.2, 0) is 33.6 Å². The molecule has 0 spiro atoms. The minimum absolute atomic E-state index is 0.0125. The maximum absolute atomic E-state index is 13.3. The fourth-order valence-corrected chi connectivity index (χ4v) is 11.3. The number of carboxylic acids is 1. The van der Waals surface area contributed by atoms with E-state index in [1.54, 1.807) is 6.92 Å². The first kappa shape index (κ1) is 50.0. The number of aliphatic carboxylic acids is 1. The lowest BCUT2D eigenvalue weighted by molar-refractivity contribution is -0.137. The molecule has 4 heterocycles. The van der Waals surface area contributed by atoms with Crippen LogP contribution < -0.4 is 40.1 Å². The molecular weight excluding hydrogens is 809 g/mol. The molecule has 18 heteroatoms. The van der Waals surface area contributed by atoms with E-state index in [1.165, 1.54) is 0 Å². The molecule has 6 amide bonds. The molecule has 9 atom stereocenters. The third-order valence-corrected chi connectivity index (χ3v) is 15.0. The summed E-state index contributed by atoms with van der Waals surface area (Å²) in [5.74, 6) is -8.01. The van der Waals surface area contributed by atoms with E-state index in [0.29, 0.717) is 39.7 Å². The largest absolute Gasteiger partial charge is 0.481 e. The average molecular weight is 877 g/mol. The van der Waals surface area contributed by atoms with Crippen LogP contribution in [0.4, 0.5) is 0 Å². The highest BCUT2D eigenvalue weighted by atomic mass is 16.4. The Balaban J connectivity index is 2.30. The summed E-state index contributed by atoms with van der Waals surface area (Å²) in [7, 11) is 0. The fraction of sp³-hybridized carbons (Fsp3) is 0.644. The van der Waals surface area contributed by atoms with Crippen LogP contribution in [0.1, 0.15) is 126 Å². The summed E-state index contributed by atoms with van der Waals surface area (Å²) in [4.78, 5) is 105. The average Bonchev–Trinajstić information content (AvgIpc) is 3.68. The molecule has 63 heavy (non-hydrogen) atoms. The number of allylic oxidation sites excluding steroid dienone is 6. The van der Waals surface area contributed by atoms with Crippen molar-refractivity contribution in [3.05, 3.63) is 34.3 Å². The number of hydrogen-bond donors (Lipinski definition) is 8. The van der Waals surface area contributed by atoms with E-state index in [-0.39, 0.29) is 76.3 Å². The van der Waals surface area contributed by atoms with Crippen LogP contribution in [0.3, 0.4) is 0 Å². The lowest BCUT2D eigenvalue weighted by Crippen LogP contribution is -2.48. The molecule has 0 aromatic rings. The molecule has 0 fully saturated rings. The highest BCUT2D eigenvalue weighted by Gasteiger charge is 2.57. The molecule has 4 rings (SSSR count). The van der Waals surface area contributed by atoms with Gasteiger partial charge in [-0.3, -0.25) is 48.5 Å². The maximum atomic E-state index is 13.3. The van der Waals surface area contributed by atoms with Gasteiger partial charge in [0.25, 0.3) is 0 Å².